The summed E-state index contributed by atoms with van der Waals surface area (Å²) in [5.41, 5.74) is 4.48. The maximum atomic E-state index is 11.6. The van der Waals surface area contributed by atoms with Crippen molar-refractivity contribution in [3.05, 3.63) is 56.0 Å². The summed E-state index contributed by atoms with van der Waals surface area (Å²) in [6, 6.07) is 5.00. The molecule has 0 unspecified atom stereocenters. The van der Waals surface area contributed by atoms with E-state index in [1.807, 2.05) is 0 Å². The van der Waals surface area contributed by atoms with Gasteiger partial charge in [-0.3, -0.25) is 29.8 Å². The zero-order chi connectivity index (χ0) is 21.9. The Hall–Kier alpha value is -4.36. The first-order valence-corrected chi connectivity index (χ1v) is 8.47. The summed E-state index contributed by atoms with van der Waals surface area (Å²) in [7, 11) is 0. The molecule has 14 heteroatoms. The lowest BCUT2D eigenvalue weighted by molar-refractivity contribution is -0.402. The van der Waals surface area contributed by atoms with E-state index in [-0.39, 0.29) is 24.4 Å². The summed E-state index contributed by atoms with van der Waals surface area (Å²) in [6.07, 6.45) is 3.31. The van der Waals surface area contributed by atoms with Gasteiger partial charge in [-0.25, -0.2) is 10.9 Å². The van der Waals surface area contributed by atoms with Crippen molar-refractivity contribution in [2.45, 2.75) is 25.7 Å². The second-order valence-corrected chi connectivity index (χ2v) is 5.66. The van der Waals surface area contributed by atoms with E-state index in [4.69, 9.17) is 8.83 Å². The van der Waals surface area contributed by atoms with Crippen LogP contribution >= 0.6 is 0 Å². The fourth-order valence-electron chi connectivity index (χ4n) is 2.04. The highest BCUT2D eigenvalue weighted by atomic mass is 16.7. The number of carbonyl (C=O) groups is 2. The van der Waals surface area contributed by atoms with Crippen molar-refractivity contribution in [3.63, 3.8) is 0 Å². The van der Waals surface area contributed by atoms with Crippen molar-refractivity contribution >= 4 is 36.0 Å². The molecule has 158 valence electrons. The molecule has 0 fully saturated rings. The van der Waals surface area contributed by atoms with Gasteiger partial charge in [0.15, 0.2) is 11.5 Å². The van der Waals surface area contributed by atoms with E-state index in [1.54, 1.807) is 0 Å². The molecule has 0 radical (unpaired) electrons. The van der Waals surface area contributed by atoms with Crippen molar-refractivity contribution in [1.29, 1.82) is 0 Å². The van der Waals surface area contributed by atoms with E-state index < -0.39 is 33.4 Å². The SMILES string of the molecule is O=C(CCCCC(=O)NN=Cc1ccc([N+](=O)[O-])o1)NN=Cc1ccc([N+](=O)[O-])o1. The minimum absolute atomic E-state index is 0.113. The molecule has 0 saturated heterocycles. The fraction of sp³-hybridized carbons (Fsp3) is 0.250. The standard InChI is InChI=1S/C16H16N6O8/c23-13(19-17-9-11-5-7-15(29-11)21(25)26)3-1-2-4-14(24)20-18-10-12-6-8-16(30-12)22(27)28/h5-10H,1-4H2,(H,19,23)(H,20,24). The number of rotatable bonds is 11. The maximum absolute atomic E-state index is 11.6. The van der Waals surface area contributed by atoms with Crippen LogP contribution in [0.25, 0.3) is 0 Å². The van der Waals surface area contributed by atoms with Crippen molar-refractivity contribution < 1.29 is 28.3 Å². The second kappa shape index (κ2) is 10.8. The third kappa shape index (κ3) is 7.34. The van der Waals surface area contributed by atoms with Gasteiger partial charge >= 0.3 is 11.8 Å². The Kier molecular flexibility index (Phi) is 7.93. The van der Waals surface area contributed by atoms with Crippen LogP contribution in [0.5, 0.6) is 0 Å². The molecule has 0 aliphatic carbocycles. The lowest BCUT2D eigenvalue weighted by Gasteiger charge is -2.00. The molecule has 2 amide bonds. The average molecular weight is 420 g/mol. The Labute approximate surface area is 167 Å². The van der Waals surface area contributed by atoms with Crippen LogP contribution in [0.4, 0.5) is 11.8 Å². The lowest BCUT2D eigenvalue weighted by atomic mass is 10.2. The molecule has 30 heavy (non-hydrogen) atoms. The Morgan fingerprint density at radius 2 is 1.23 bits per heavy atom. The average Bonchev–Trinajstić information content (AvgIpc) is 3.35. The summed E-state index contributed by atoms with van der Waals surface area (Å²) in [4.78, 5) is 42.8. The van der Waals surface area contributed by atoms with Gasteiger partial charge in [0.1, 0.15) is 9.85 Å². The van der Waals surface area contributed by atoms with Gasteiger partial charge in [-0.2, -0.15) is 10.2 Å². The number of hydrogen-bond acceptors (Lipinski definition) is 10. The Bertz CT molecular complexity index is 898. The Morgan fingerprint density at radius 3 is 1.57 bits per heavy atom. The first kappa shape index (κ1) is 21.9. The molecule has 0 atom stereocenters. The van der Waals surface area contributed by atoms with Crippen molar-refractivity contribution in [2.24, 2.45) is 10.2 Å². The Morgan fingerprint density at radius 1 is 0.833 bits per heavy atom. The van der Waals surface area contributed by atoms with Gasteiger partial charge in [-0.15, -0.1) is 0 Å². The van der Waals surface area contributed by atoms with Gasteiger partial charge in [0.05, 0.1) is 24.6 Å². The van der Waals surface area contributed by atoms with Crippen LogP contribution in [-0.4, -0.2) is 34.1 Å². The number of amides is 2. The highest BCUT2D eigenvalue weighted by molar-refractivity contribution is 5.81. The minimum atomic E-state index is -0.694. The predicted molar refractivity (Wildman–Crippen MR) is 101 cm³/mol. The van der Waals surface area contributed by atoms with E-state index in [0.29, 0.717) is 12.8 Å². The van der Waals surface area contributed by atoms with E-state index in [1.165, 1.54) is 12.1 Å². The van der Waals surface area contributed by atoms with Crippen LogP contribution in [0, 0.1) is 20.2 Å². The maximum Gasteiger partial charge on any atom is 0.433 e. The zero-order valence-corrected chi connectivity index (χ0v) is 15.3. The quantitative estimate of drug-likeness (QED) is 0.237. The first-order valence-electron chi connectivity index (χ1n) is 8.47. The summed E-state index contributed by atoms with van der Waals surface area (Å²) >= 11 is 0. The molecule has 2 aromatic heterocycles. The largest absolute Gasteiger partial charge is 0.433 e. The molecule has 0 spiro atoms. The third-order valence-electron chi connectivity index (χ3n) is 3.40. The van der Waals surface area contributed by atoms with E-state index in [0.717, 1.165) is 24.6 Å². The van der Waals surface area contributed by atoms with E-state index >= 15 is 0 Å². The van der Waals surface area contributed by atoms with Gasteiger partial charge < -0.3 is 8.83 Å². The summed E-state index contributed by atoms with van der Waals surface area (Å²) in [6.45, 7) is 0. The topological polar surface area (TPSA) is 195 Å². The molecule has 2 N–H and O–H groups in total. The Balaban J connectivity index is 1.59. The van der Waals surface area contributed by atoms with Crippen LogP contribution in [0.15, 0.2) is 43.3 Å². The normalized spacial score (nSPS) is 11.1. The number of unbranched alkanes of at least 4 members (excludes halogenated alkanes) is 1. The van der Waals surface area contributed by atoms with Crippen molar-refractivity contribution in [1.82, 2.24) is 10.9 Å². The molecule has 2 rings (SSSR count). The molecule has 0 aliphatic heterocycles. The number of carbonyl (C=O) groups excluding carboxylic acids is 2. The molecule has 0 bridgehead atoms. The molecule has 0 aliphatic rings. The van der Waals surface area contributed by atoms with Gasteiger partial charge in [-0.05, 0) is 25.0 Å². The number of nitrogens with one attached hydrogen (secondary N) is 2. The van der Waals surface area contributed by atoms with E-state index in [9.17, 15) is 29.8 Å². The van der Waals surface area contributed by atoms with Gasteiger partial charge in [0.25, 0.3) is 0 Å². The highest BCUT2D eigenvalue weighted by Crippen LogP contribution is 2.14. The number of hydrazone groups is 2. The number of hydrogen-bond donors (Lipinski definition) is 2. The van der Waals surface area contributed by atoms with Crippen LogP contribution in [0.2, 0.25) is 0 Å². The van der Waals surface area contributed by atoms with Crippen molar-refractivity contribution in [2.75, 3.05) is 0 Å². The summed E-state index contributed by atoms with van der Waals surface area (Å²) in [5, 5.41) is 28.2. The predicted octanol–water partition coefficient (Wildman–Crippen LogP) is 1.85. The van der Waals surface area contributed by atoms with Gasteiger partial charge in [-0.1, -0.05) is 0 Å². The smallest absolute Gasteiger partial charge is 0.400 e. The monoisotopic (exact) mass is 420 g/mol. The molecular weight excluding hydrogens is 404 g/mol. The second-order valence-electron chi connectivity index (χ2n) is 5.66. The van der Waals surface area contributed by atoms with Crippen molar-refractivity contribution in [3.8, 4) is 0 Å². The van der Waals surface area contributed by atoms with Crippen LogP contribution in [0.3, 0.4) is 0 Å². The zero-order valence-electron chi connectivity index (χ0n) is 15.3. The minimum Gasteiger partial charge on any atom is -0.400 e. The highest BCUT2D eigenvalue weighted by Gasteiger charge is 2.11. The fourth-order valence-corrected chi connectivity index (χ4v) is 2.04. The first-order chi connectivity index (χ1) is 14.3. The molecule has 0 saturated carbocycles. The van der Waals surface area contributed by atoms with Crippen LogP contribution < -0.4 is 10.9 Å². The third-order valence-corrected chi connectivity index (χ3v) is 3.40. The van der Waals surface area contributed by atoms with E-state index in [2.05, 4.69) is 21.1 Å². The number of nitrogens with zero attached hydrogens (tertiary/aromatic N) is 4. The lowest BCUT2D eigenvalue weighted by Crippen LogP contribution is -2.18. The van der Waals surface area contributed by atoms with Crippen LogP contribution in [-0.2, 0) is 9.59 Å². The summed E-state index contributed by atoms with van der Waals surface area (Å²) in [5.74, 6) is -1.44. The summed E-state index contributed by atoms with van der Waals surface area (Å²) < 4.78 is 9.67. The van der Waals surface area contributed by atoms with Gasteiger partial charge in [0.2, 0.25) is 11.8 Å². The van der Waals surface area contributed by atoms with Crippen LogP contribution in [0.1, 0.15) is 37.2 Å². The molecule has 2 aromatic rings. The van der Waals surface area contributed by atoms with Gasteiger partial charge in [0, 0.05) is 12.8 Å². The molecular formula is C16H16N6O8. The molecule has 0 aromatic carbocycles. The number of nitro groups is 2. The molecule has 2 heterocycles. The molecule has 14 nitrogen and oxygen atoms in total. The number of furan rings is 2.